The Hall–Kier alpha value is -0.920. The van der Waals surface area contributed by atoms with Crippen LogP contribution in [-0.4, -0.2) is 25.6 Å². The minimum atomic E-state index is 0.698. The van der Waals surface area contributed by atoms with Gasteiger partial charge in [-0.1, -0.05) is 0 Å². The van der Waals surface area contributed by atoms with Crippen LogP contribution in [0.1, 0.15) is 0 Å². The Bertz CT molecular complexity index is 147. The van der Waals surface area contributed by atoms with E-state index in [1.54, 1.807) is 6.26 Å². The van der Waals surface area contributed by atoms with Crippen molar-refractivity contribution in [1.29, 1.82) is 0 Å². The van der Waals surface area contributed by atoms with Crippen LogP contribution >= 0.6 is 0 Å². The van der Waals surface area contributed by atoms with Gasteiger partial charge in [-0.2, -0.15) is 0 Å². The summed E-state index contributed by atoms with van der Waals surface area (Å²) in [7, 11) is 4.03. The first-order valence-corrected chi connectivity index (χ1v) is 2.96. The van der Waals surface area contributed by atoms with Gasteiger partial charge in [0.05, 0.1) is 6.26 Å². The van der Waals surface area contributed by atoms with Crippen LogP contribution in [0.25, 0.3) is 0 Å². The molecular weight excluding hydrogens is 114 g/mol. The van der Waals surface area contributed by atoms with E-state index < -0.39 is 0 Å². The second kappa shape index (κ2) is 2.58. The summed E-state index contributed by atoms with van der Waals surface area (Å²) in [6.07, 6.45) is 5.71. The van der Waals surface area contributed by atoms with E-state index >= 15 is 0 Å². The highest BCUT2D eigenvalue weighted by Crippen LogP contribution is 2.04. The Balaban J connectivity index is 2.58. The second-order valence-electron chi connectivity index (χ2n) is 2.16. The molecule has 0 saturated heterocycles. The maximum atomic E-state index is 4.97. The third-order valence-corrected chi connectivity index (χ3v) is 1.24. The van der Waals surface area contributed by atoms with Crippen LogP contribution in [0, 0.1) is 0 Å². The summed E-state index contributed by atoms with van der Waals surface area (Å²) in [5.41, 5.74) is 1.21. The molecule has 0 aromatic rings. The maximum Gasteiger partial charge on any atom is 0.108 e. The number of hydrogen-bond acceptors (Lipinski definition) is 2. The summed E-state index contributed by atoms with van der Waals surface area (Å²) >= 11 is 0. The van der Waals surface area contributed by atoms with Crippen molar-refractivity contribution in [1.82, 2.24) is 4.90 Å². The van der Waals surface area contributed by atoms with Gasteiger partial charge < -0.3 is 9.64 Å². The molecule has 1 aliphatic heterocycles. The van der Waals surface area contributed by atoms with Crippen molar-refractivity contribution in [3.63, 3.8) is 0 Å². The van der Waals surface area contributed by atoms with E-state index in [0.29, 0.717) is 6.61 Å². The Kier molecular flexibility index (Phi) is 1.78. The van der Waals surface area contributed by atoms with Gasteiger partial charge in [0, 0.05) is 19.8 Å². The largest absolute Gasteiger partial charge is 0.497 e. The molecule has 0 aliphatic carbocycles. The molecule has 0 atom stereocenters. The Labute approximate surface area is 55.4 Å². The molecule has 9 heavy (non-hydrogen) atoms. The average molecular weight is 125 g/mol. The molecular formula is C7H11NO. The van der Waals surface area contributed by atoms with Gasteiger partial charge in [-0.25, -0.2) is 0 Å². The molecule has 0 N–H and O–H groups in total. The van der Waals surface area contributed by atoms with Gasteiger partial charge in [-0.3, -0.25) is 0 Å². The van der Waals surface area contributed by atoms with Gasteiger partial charge in [0.2, 0.25) is 0 Å². The molecule has 2 nitrogen and oxygen atoms in total. The van der Waals surface area contributed by atoms with E-state index in [2.05, 4.69) is 4.90 Å². The summed E-state index contributed by atoms with van der Waals surface area (Å²) in [4.78, 5) is 2.05. The number of rotatable bonds is 1. The molecule has 0 unspecified atom stereocenters. The smallest absolute Gasteiger partial charge is 0.108 e. The molecule has 1 heterocycles. The molecule has 0 aromatic heterocycles. The van der Waals surface area contributed by atoms with Crippen molar-refractivity contribution < 1.29 is 4.74 Å². The van der Waals surface area contributed by atoms with Crippen molar-refractivity contribution in [2.75, 3.05) is 20.7 Å². The first kappa shape index (κ1) is 6.20. The van der Waals surface area contributed by atoms with Gasteiger partial charge in [0.25, 0.3) is 0 Å². The number of ether oxygens (including phenoxy) is 1. The molecule has 50 valence electrons. The SMILES string of the molecule is CN(C)C1=CCOC=C1. The lowest BCUT2D eigenvalue weighted by Gasteiger charge is -2.15. The quantitative estimate of drug-likeness (QED) is 0.518. The van der Waals surface area contributed by atoms with Crippen LogP contribution in [0.15, 0.2) is 24.1 Å². The molecule has 1 rings (SSSR count). The highest BCUT2D eigenvalue weighted by Gasteiger charge is 1.96. The van der Waals surface area contributed by atoms with Crippen LogP contribution < -0.4 is 0 Å². The van der Waals surface area contributed by atoms with Gasteiger partial charge >= 0.3 is 0 Å². The fraction of sp³-hybridized carbons (Fsp3) is 0.429. The van der Waals surface area contributed by atoms with Crippen LogP contribution in [0.2, 0.25) is 0 Å². The van der Waals surface area contributed by atoms with Crippen LogP contribution in [0.5, 0.6) is 0 Å². The molecule has 0 aromatic carbocycles. The van der Waals surface area contributed by atoms with Gasteiger partial charge in [0.15, 0.2) is 0 Å². The molecule has 0 bridgehead atoms. The monoisotopic (exact) mass is 125 g/mol. The van der Waals surface area contributed by atoms with E-state index in [-0.39, 0.29) is 0 Å². The highest BCUT2D eigenvalue weighted by atomic mass is 16.5. The molecule has 0 radical (unpaired) electrons. The van der Waals surface area contributed by atoms with Crippen molar-refractivity contribution in [2.24, 2.45) is 0 Å². The Morgan fingerprint density at radius 3 is 2.67 bits per heavy atom. The number of hydrogen-bond donors (Lipinski definition) is 0. The van der Waals surface area contributed by atoms with Crippen molar-refractivity contribution >= 4 is 0 Å². The normalized spacial score (nSPS) is 16.4. The summed E-state index contributed by atoms with van der Waals surface area (Å²) in [6, 6.07) is 0. The predicted molar refractivity (Wildman–Crippen MR) is 36.9 cm³/mol. The lowest BCUT2D eigenvalue weighted by molar-refractivity contribution is 0.278. The predicted octanol–water partition coefficient (Wildman–Crippen LogP) is 0.976. The number of likely N-dealkylation sites (N-methyl/N-ethyl adjacent to an activating group) is 1. The summed E-state index contributed by atoms with van der Waals surface area (Å²) < 4.78 is 4.97. The lowest BCUT2D eigenvalue weighted by atomic mass is 10.3. The van der Waals surface area contributed by atoms with Crippen LogP contribution in [0.4, 0.5) is 0 Å². The van der Waals surface area contributed by atoms with E-state index in [1.807, 2.05) is 26.2 Å². The van der Waals surface area contributed by atoms with Crippen LogP contribution in [-0.2, 0) is 4.74 Å². The first-order valence-electron chi connectivity index (χ1n) is 2.96. The minimum absolute atomic E-state index is 0.698. The van der Waals surface area contributed by atoms with E-state index in [0.717, 1.165) is 0 Å². The summed E-state index contributed by atoms with van der Waals surface area (Å²) in [5.74, 6) is 0. The lowest BCUT2D eigenvalue weighted by Crippen LogP contribution is -2.11. The standard InChI is InChI=1S/C7H11NO/c1-8(2)7-3-5-9-6-4-7/h3-5H,6H2,1-2H3. The third-order valence-electron chi connectivity index (χ3n) is 1.24. The molecule has 0 amide bonds. The minimum Gasteiger partial charge on any atom is -0.497 e. The molecule has 0 spiro atoms. The zero-order valence-corrected chi connectivity index (χ0v) is 5.79. The molecule has 2 heteroatoms. The van der Waals surface area contributed by atoms with Crippen molar-refractivity contribution in [3.05, 3.63) is 24.1 Å². The van der Waals surface area contributed by atoms with Crippen LogP contribution in [0.3, 0.4) is 0 Å². The summed E-state index contributed by atoms with van der Waals surface area (Å²) in [6.45, 7) is 0.698. The third kappa shape index (κ3) is 1.49. The number of nitrogens with zero attached hydrogens (tertiary/aromatic N) is 1. The zero-order chi connectivity index (χ0) is 6.69. The topological polar surface area (TPSA) is 12.5 Å². The van der Waals surface area contributed by atoms with Crippen molar-refractivity contribution in [2.45, 2.75) is 0 Å². The Morgan fingerprint density at radius 1 is 1.56 bits per heavy atom. The molecule has 0 saturated carbocycles. The second-order valence-corrected chi connectivity index (χ2v) is 2.16. The van der Waals surface area contributed by atoms with Gasteiger partial charge in [0.1, 0.15) is 6.61 Å². The fourth-order valence-electron chi connectivity index (χ4n) is 0.707. The Morgan fingerprint density at radius 2 is 2.33 bits per heavy atom. The van der Waals surface area contributed by atoms with Gasteiger partial charge in [-0.15, -0.1) is 0 Å². The highest BCUT2D eigenvalue weighted by molar-refractivity contribution is 5.17. The van der Waals surface area contributed by atoms with E-state index in [1.165, 1.54) is 5.70 Å². The summed E-state index contributed by atoms with van der Waals surface area (Å²) in [5, 5.41) is 0. The van der Waals surface area contributed by atoms with E-state index in [4.69, 9.17) is 4.74 Å². The number of allylic oxidation sites excluding steroid dienone is 1. The average Bonchev–Trinajstić information content (AvgIpc) is 1.90. The molecule has 0 fully saturated rings. The maximum absolute atomic E-state index is 4.97. The van der Waals surface area contributed by atoms with E-state index in [9.17, 15) is 0 Å². The molecule has 1 aliphatic rings. The first-order chi connectivity index (χ1) is 4.30. The van der Waals surface area contributed by atoms with Gasteiger partial charge in [-0.05, 0) is 12.2 Å². The fourth-order valence-corrected chi connectivity index (χ4v) is 0.707. The zero-order valence-electron chi connectivity index (χ0n) is 5.79. The van der Waals surface area contributed by atoms with Crippen molar-refractivity contribution in [3.8, 4) is 0 Å².